The number of hydrogen-bond acceptors (Lipinski definition) is 4. The molecule has 3 aromatic rings. The average molecular weight is 333 g/mol. The van der Waals surface area contributed by atoms with Crippen molar-refractivity contribution in [2.45, 2.75) is 25.3 Å². The molecule has 1 aliphatic rings. The van der Waals surface area contributed by atoms with E-state index < -0.39 is 0 Å². The van der Waals surface area contributed by atoms with Crippen LogP contribution in [0.4, 0.5) is 0 Å². The zero-order valence-electron chi connectivity index (χ0n) is 13.8. The van der Waals surface area contributed by atoms with E-state index in [1.807, 2.05) is 47.5 Å². The van der Waals surface area contributed by atoms with E-state index in [0.717, 1.165) is 36.9 Å². The lowest BCUT2D eigenvalue weighted by Crippen LogP contribution is -2.38. The number of carbonyl (C=O) groups is 1. The zero-order chi connectivity index (χ0) is 17.1. The number of amides is 1. The number of H-pyrrole nitrogens is 1. The highest BCUT2D eigenvalue weighted by Gasteiger charge is 2.30. The van der Waals surface area contributed by atoms with Crippen molar-refractivity contribution in [2.75, 3.05) is 6.54 Å². The van der Waals surface area contributed by atoms with Crippen LogP contribution >= 0.6 is 0 Å². The van der Waals surface area contributed by atoms with Gasteiger partial charge >= 0.3 is 0 Å². The highest BCUT2D eigenvalue weighted by atomic mass is 16.2. The second-order valence-corrected chi connectivity index (χ2v) is 6.18. The minimum Gasteiger partial charge on any atom is -0.332 e. The summed E-state index contributed by atoms with van der Waals surface area (Å²) in [6.07, 6.45) is 8.17. The maximum absolute atomic E-state index is 13.3. The van der Waals surface area contributed by atoms with Crippen molar-refractivity contribution in [3.63, 3.8) is 0 Å². The normalized spacial score (nSPS) is 17.4. The molecule has 0 spiro atoms. The molecule has 126 valence electrons. The summed E-state index contributed by atoms with van der Waals surface area (Å²) in [5.41, 5.74) is 2.52. The molecule has 0 saturated carbocycles. The summed E-state index contributed by atoms with van der Waals surface area (Å²) in [6.45, 7) is 0.753. The van der Waals surface area contributed by atoms with Gasteiger partial charge in [0, 0.05) is 24.5 Å². The molecule has 0 radical (unpaired) electrons. The van der Waals surface area contributed by atoms with Crippen LogP contribution in [0.2, 0.25) is 0 Å². The van der Waals surface area contributed by atoms with Crippen LogP contribution in [0, 0.1) is 0 Å². The van der Waals surface area contributed by atoms with Gasteiger partial charge in [0.25, 0.3) is 5.91 Å². The van der Waals surface area contributed by atoms with Gasteiger partial charge in [-0.05, 0) is 37.0 Å². The van der Waals surface area contributed by atoms with E-state index >= 15 is 0 Å². The van der Waals surface area contributed by atoms with Crippen molar-refractivity contribution in [3.05, 3.63) is 66.2 Å². The van der Waals surface area contributed by atoms with E-state index in [9.17, 15) is 4.79 Å². The van der Waals surface area contributed by atoms with Crippen molar-refractivity contribution in [1.29, 1.82) is 0 Å². The topological polar surface area (TPSA) is 74.8 Å². The molecule has 1 N–H and O–H groups in total. The Morgan fingerprint density at radius 1 is 1.16 bits per heavy atom. The Morgan fingerprint density at radius 2 is 2.08 bits per heavy atom. The van der Waals surface area contributed by atoms with Crippen molar-refractivity contribution >= 4 is 5.91 Å². The molecule has 25 heavy (non-hydrogen) atoms. The number of hydrogen-bond donors (Lipinski definition) is 1. The van der Waals surface area contributed by atoms with Gasteiger partial charge in [0.05, 0.1) is 11.6 Å². The summed E-state index contributed by atoms with van der Waals surface area (Å²) in [6, 6.07) is 11.6. The van der Waals surface area contributed by atoms with Crippen LogP contribution in [-0.4, -0.2) is 37.5 Å². The molecule has 0 bridgehead atoms. The van der Waals surface area contributed by atoms with E-state index in [2.05, 4.69) is 20.2 Å². The van der Waals surface area contributed by atoms with Gasteiger partial charge in [0.2, 0.25) is 0 Å². The predicted molar refractivity (Wildman–Crippen MR) is 93.7 cm³/mol. The molecule has 1 aromatic carbocycles. The van der Waals surface area contributed by atoms with E-state index in [1.165, 1.54) is 6.33 Å². The van der Waals surface area contributed by atoms with Gasteiger partial charge in [-0.3, -0.25) is 14.9 Å². The van der Waals surface area contributed by atoms with Crippen LogP contribution in [-0.2, 0) is 0 Å². The number of nitrogens with one attached hydrogen (secondary N) is 1. The summed E-state index contributed by atoms with van der Waals surface area (Å²) < 4.78 is 0. The van der Waals surface area contributed by atoms with Gasteiger partial charge in [-0.2, -0.15) is 5.10 Å². The van der Waals surface area contributed by atoms with Crippen molar-refractivity contribution in [1.82, 2.24) is 25.1 Å². The molecule has 1 saturated heterocycles. The molecule has 1 atom stereocenters. The zero-order valence-corrected chi connectivity index (χ0v) is 13.8. The molecule has 1 amide bonds. The smallest absolute Gasteiger partial charge is 0.255 e. The summed E-state index contributed by atoms with van der Waals surface area (Å²) in [5, 5.41) is 6.76. The van der Waals surface area contributed by atoms with E-state index in [-0.39, 0.29) is 11.9 Å². The van der Waals surface area contributed by atoms with Crippen LogP contribution in [0.5, 0.6) is 0 Å². The number of aromatic nitrogens is 4. The lowest BCUT2D eigenvalue weighted by atomic mass is 9.94. The Labute approximate surface area is 145 Å². The summed E-state index contributed by atoms with van der Waals surface area (Å²) in [5.74, 6) is 0.638. The first-order valence-corrected chi connectivity index (χ1v) is 8.50. The van der Waals surface area contributed by atoms with Gasteiger partial charge in [-0.25, -0.2) is 4.98 Å². The first-order chi connectivity index (χ1) is 12.3. The van der Waals surface area contributed by atoms with Gasteiger partial charge in [0.1, 0.15) is 6.33 Å². The van der Waals surface area contributed by atoms with Gasteiger partial charge in [-0.1, -0.05) is 24.3 Å². The van der Waals surface area contributed by atoms with Crippen LogP contribution in [0.25, 0.3) is 11.4 Å². The molecule has 4 rings (SSSR count). The lowest BCUT2D eigenvalue weighted by molar-refractivity contribution is 0.0612. The van der Waals surface area contributed by atoms with Crippen molar-refractivity contribution in [2.24, 2.45) is 0 Å². The number of pyridine rings is 1. The lowest BCUT2D eigenvalue weighted by Gasteiger charge is -2.36. The second-order valence-electron chi connectivity index (χ2n) is 6.18. The number of likely N-dealkylation sites (tertiary alicyclic amines) is 1. The predicted octanol–water partition coefficient (Wildman–Crippen LogP) is 3.23. The quantitative estimate of drug-likeness (QED) is 0.798. The Hall–Kier alpha value is -3.02. The average Bonchev–Trinajstić information content (AvgIpc) is 3.23. The molecular weight excluding hydrogens is 314 g/mol. The fraction of sp³-hybridized carbons (Fsp3) is 0.263. The number of aromatic amines is 1. The first-order valence-electron chi connectivity index (χ1n) is 8.50. The molecule has 6 nitrogen and oxygen atoms in total. The highest BCUT2D eigenvalue weighted by Crippen LogP contribution is 2.33. The molecular formula is C19H19N5O. The van der Waals surface area contributed by atoms with E-state index in [1.54, 1.807) is 6.20 Å². The minimum absolute atomic E-state index is 0.0283. The number of piperidine rings is 1. The summed E-state index contributed by atoms with van der Waals surface area (Å²) in [4.78, 5) is 23.7. The van der Waals surface area contributed by atoms with Crippen LogP contribution in [0.3, 0.4) is 0 Å². The molecule has 1 aliphatic heterocycles. The second kappa shape index (κ2) is 6.84. The maximum Gasteiger partial charge on any atom is 0.255 e. The highest BCUT2D eigenvalue weighted by molar-refractivity contribution is 6.00. The Balaban J connectivity index is 1.70. The van der Waals surface area contributed by atoms with Crippen LogP contribution < -0.4 is 0 Å². The van der Waals surface area contributed by atoms with E-state index in [4.69, 9.17) is 0 Å². The number of benzene rings is 1. The van der Waals surface area contributed by atoms with Gasteiger partial charge in [0.15, 0.2) is 5.82 Å². The third-order valence-electron chi connectivity index (χ3n) is 4.66. The van der Waals surface area contributed by atoms with Crippen LogP contribution in [0.15, 0.2) is 55.1 Å². The molecule has 6 heteroatoms. The van der Waals surface area contributed by atoms with Gasteiger partial charge < -0.3 is 4.90 Å². The standard InChI is InChI=1S/C19H19N5O/c25-19(16-8-2-1-7-15(16)18-21-13-22-23-18)24-11-4-3-9-17(24)14-6-5-10-20-12-14/h1-2,5-8,10,12-13,17H,3-4,9,11H2,(H,21,22,23)/t17-/m1/s1. The monoisotopic (exact) mass is 333 g/mol. The summed E-state index contributed by atoms with van der Waals surface area (Å²) in [7, 11) is 0. The number of rotatable bonds is 3. The summed E-state index contributed by atoms with van der Waals surface area (Å²) >= 11 is 0. The molecule has 2 aromatic heterocycles. The fourth-order valence-electron chi connectivity index (χ4n) is 3.46. The number of nitrogens with zero attached hydrogens (tertiary/aromatic N) is 4. The third kappa shape index (κ3) is 3.03. The third-order valence-corrected chi connectivity index (χ3v) is 4.66. The first kappa shape index (κ1) is 15.5. The largest absolute Gasteiger partial charge is 0.332 e. The molecule has 0 aliphatic carbocycles. The van der Waals surface area contributed by atoms with Crippen molar-refractivity contribution < 1.29 is 4.79 Å². The Morgan fingerprint density at radius 3 is 2.88 bits per heavy atom. The van der Waals surface area contributed by atoms with Gasteiger partial charge in [-0.15, -0.1) is 0 Å². The molecule has 3 heterocycles. The van der Waals surface area contributed by atoms with Crippen molar-refractivity contribution in [3.8, 4) is 11.4 Å². The van der Waals surface area contributed by atoms with Crippen LogP contribution in [0.1, 0.15) is 41.2 Å². The minimum atomic E-state index is 0.0283. The fourth-order valence-corrected chi connectivity index (χ4v) is 3.46. The van der Waals surface area contributed by atoms with E-state index in [0.29, 0.717) is 11.4 Å². The Kier molecular flexibility index (Phi) is 4.24. The molecule has 0 unspecified atom stereocenters. The molecule has 1 fully saturated rings. The maximum atomic E-state index is 13.3. The number of carbonyl (C=O) groups excluding carboxylic acids is 1. The Bertz CT molecular complexity index is 847. The SMILES string of the molecule is O=C(c1ccccc1-c1ncn[nH]1)N1CCCC[C@@H]1c1cccnc1.